The first kappa shape index (κ1) is 12.9. The van der Waals surface area contributed by atoms with Crippen LogP contribution >= 0.6 is 15.9 Å². The van der Waals surface area contributed by atoms with Crippen LogP contribution in [-0.4, -0.2) is 16.1 Å². The van der Waals surface area contributed by atoms with E-state index in [-0.39, 0.29) is 0 Å². The Bertz CT molecular complexity index is 549. The predicted molar refractivity (Wildman–Crippen MR) is 79.4 cm³/mol. The topological polar surface area (TPSA) is 29.9 Å². The molecule has 0 radical (unpaired) electrons. The number of hydrogen-bond acceptors (Lipinski definition) is 2. The lowest BCUT2D eigenvalue weighted by atomic mass is 10.1. The van der Waals surface area contributed by atoms with Crippen LogP contribution < -0.4 is 5.32 Å². The molecule has 1 aromatic carbocycles. The second-order valence-electron chi connectivity index (χ2n) is 4.18. The average Bonchev–Trinajstić information content (AvgIpc) is 2.81. The Hall–Kier alpha value is -1.55. The van der Waals surface area contributed by atoms with Gasteiger partial charge in [0.25, 0.3) is 0 Å². The normalized spacial score (nSPS) is 10.4. The molecule has 2 aromatic rings. The zero-order valence-corrected chi connectivity index (χ0v) is 12.2. The molecular formula is C14H16BrN3. The van der Waals surface area contributed by atoms with Crippen LogP contribution in [0.25, 0.3) is 5.69 Å². The lowest BCUT2D eigenvalue weighted by Gasteiger charge is -2.12. The van der Waals surface area contributed by atoms with Crippen LogP contribution in [0.1, 0.15) is 11.1 Å². The first-order valence-electron chi connectivity index (χ1n) is 5.78. The number of hydrogen-bond donors (Lipinski definition) is 1. The van der Waals surface area contributed by atoms with E-state index in [1.807, 2.05) is 16.8 Å². The summed E-state index contributed by atoms with van der Waals surface area (Å²) in [5, 5.41) is 3.22. The number of rotatable bonds is 4. The van der Waals surface area contributed by atoms with Crippen molar-refractivity contribution in [2.75, 3.05) is 11.9 Å². The Kier molecular flexibility index (Phi) is 3.87. The smallest absolute Gasteiger partial charge is 0.207 e. The molecule has 94 valence electrons. The van der Waals surface area contributed by atoms with Crippen molar-refractivity contribution < 1.29 is 0 Å². The lowest BCUT2D eigenvalue weighted by Crippen LogP contribution is -2.06. The number of aryl methyl sites for hydroxylation is 2. The van der Waals surface area contributed by atoms with Gasteiger partial charge in [0.1, 0.15) is 0 Å². The molecular weight excluding hydrogens is 290 g/mol. The zero-order chi connectivity index (χ0) is 13.1. The van der Waals surface area contributed by atoms with Gasteiger partial charge in [-0.2, -0.15) is 0 Å². The van der Waals surface area contributed by atoms with Gasteiger partial charge in [0.2, 0.25) is 5.95 Å². The van der Waals surface area contributed by atoms with E-state index in [1.54, 1.807) is 6.20 Å². The molecule has 1 heterocycles. The Balaban J connectivity index is 2.42. The summed E-state index contributed by atoms with van der Waals surface area (Å²) in [6, 6.07) is 4.27. The largest absolute Gasteiger partial charge is 0.352 e. The maximum atomic E-state index is 4.30. The number of anilines is 1. The number of nitrogens with one attached hydrogen (secondary N) is 1. The highest BCUT2D eigenvalue weighted by Gasteiger charge is 2.07. The monoisotopic (exact) mass is 305 g/mol. The van der Waals surface area contributed by atoms with Crippen molar-refractivity contribution >= 4 is 21.9 Å². The molecule has 0 unspecified atom stereocenters. The molecule has 0 bridgehead atoms. The van der Waals surface area contributed by atoms with Crippen molar-refractivity contribution in [3.63, 3.8) is 0 Å². The highest BCUT2D eigenvalue weighted by Crippen LogP contribution is 2.25. The van der Waals surface area contributed by atoms with Crippen molar-refractivity contribution in [1.82, 2.24) is 9.55 Å². The van der Waals surface area contributed by atoms with E-state index in [2.05, 4.69) is 58.8 Å². The molecule has 0 aliphatic rings. The number of imidazole rings is 1. The molecule has 2 rings (SSSR count). The Labute approximate surface area is 116 Å². The Morgan fingerprint density at radius 1 is 1.39 bits per heavy atom. The van der Waals surface area contributed by atoms with Gasteiger partial charge in [0.05, 0.1) is 0 Å². The molecule has 0 spiro atoms. The molecule has 4 heteroatoms. The maximum absolute atomic E-state index is 4.30. The summed E-state index contributed by atoms with van der Waals surface area (Å²) in [7, 11) is 0. The van der Waals surface area contributed by atoms with Crippen molar-refractivity contribution in [1.29, 1.82) is 0 Å². The van der Waals surface area contributed by atoms with E-state index in [0.717, 1.165) is 16.1 Å². The summed E-state index contributed by atoms with van der Waals surface area (Å²) in [6.07, 6.45) is 5.56. The van der Waals surface area contributed by atoms with Gasteiger partial charge < -0.3 is 5.32 Å². The minimum atomic E-state index is 0.700. The number of aromatic nitrogens is 2. The SMILES string of the molecule is C=CCNc1nccn1-c1cc(C)c(Br)c(C)c1. The van der Waals surface area contributed by atoms with E-state index in [1.165, 1.54) is 11.1 Å². The Morgan fingerprint density at radius 2 is 2.06 bits per heavy atom. The molecule has 1 N–H and O–H groups in total. The van der Waals surface area contributed by atoms with Gasteiger partial charge in [-0.05, 0) is 37.1 Å². The van der Waals surface area contributed by atoms with E-state index in [9.17, 15) is 0 Å². The number of nitrogens with zero attached hydrogens (tertiary/aromatic N) is 2. The van der Waals surface area contributed by atoms with Crippen LogP contribution in [0.2, 0.25) is 0 Å². The van der Waals surface area contributed by atoms with Crippen LogP contribution in [0, 0.1) is 13.8 Å². The summed E-state index contributed by atoms with van der Waals surface area (Å²) >= 11 is 3.58. The average molecular weight is 306 g/mol. The van der Waals surface area contributed by atoms with E-state index < -0.39 is 0 Å². The molecule has 3 nitrogen and oxygen atoms in total. The summed E-state index contributed by atoms with van der Waals surface area (Å²) in [5.41, 5.74) is 3.54. The third-order valence-corrected chi connectivity index (χ3v) is 4.00. The summed E-state index contributed by atoms with van der Waals surface area (Å²) in [6.45, 7) is 8.58. The fourth-order valence-corrected chi connectivity index (χ4v) is 2.10. The molecule has 0 atom stereocenters. The van der Waals surface area contributed by atoms with Gasteiger partial charge in [-0.1, -0.05) is 22.0 Å². The predicted octanol–water partition coefficient (Wildman–Crippen LogP) is 3.85. The van der Waals surface area contributed by atoms with Gasteiger partial charge in [0, 0.05) is 29.1 Å². The van der Waals surface area contributed by atoms with Crippen LogP contribution in [0.15, 0.2) is 41.7 Å². The second-order valence-corrected chi connectivity index (χ2v) is 4.98. The summed E-state index contributed by atoms with van der Waals surface area (Å²) < 4.78 is 3.20. The molecule has 0 aliphatic heterocycles. The van der Waals surface area contributed by atoms with Gasteiger partial charge in [0.15, 0.2) is 0 Å². The van der Waals surface area contributed by atoms with E-state index >= 15 is 0 Å². The van der Waals surface area contributed by atoms with Crippen molar-refractivity contribution in [2.45, 2.75) is 13.8 Å². The zero-order valence-electron chi connectivity index (χ0n) is 10.6. The third kappa shape index (κ3) is 2.48. The molecule has 18 heavy (non-hydrogen) atoms. The molecule has 0 amide bonds. The van der Waals surface area contributed by atoms with Gasteiger partial charge in [-0.15, -0.1) is 6.58 Å². The van der Waals surface area contributed by atoms with Crippen molar-refractivity contribution in [2.24, 2.45) is 0 Å². The van der Waals surface area contributed by atoms with Crippen LogP contribution in [0.4, 0.5) is 5.95 Å². The lowest BCUT2D eigenvalue weighted by molar-refractivity contribution is 1.03. The van der Waals surface area contributed by atoms with Gasteiger partial charge in [-0.3, -0.25) is 4.57 Å². The first-order chi connectivity index (χ1) is 8.63. The molecule has 0 aliphatic carbocycles. The minimum Gasteiger partial charge on any atom is -0.352 e. The standard InChI is InChI=1S/C14H16BrN3/c1-4-5-16-14-17-6-7-18(14)12-8-10(2)13(15)11(3)9-12/h4,6-9H,1,5H2,2-3H3,(H,16,17). The number of halogens is 1. The van der Waals surface area contributed by atoms with Crippen molar-refractivity contribution in [3.8, 4) is 5.69 Å². The maximum Gasteiger partial charge on any atom is 0.207 e. The minimum absolute atomic E-state index is 0.700. The van der Waals surface area contributed by atoms with E-state index in [4.69, 9.17) is 0 Å². The quantitative estimate of drug-likeness (QED) is 0.870. The van der Waals surface area contributed by atoms with Crippen LogP contribution in [-0.2, 0) is 0 Å². The molecule has 0 saturated heterocycles. The molecule has 0 saturated carbocycles. The number of benzene rings is 1. The van der Waals surface area contributed by atoms with Crippen molar-refractivity contribution in [3.05, 3.63) is 52.8 Å². The second kappa shape index (κ2) is 5.40. The summed E-state index contributed by atoms with van der Waals surface area (Å²) in [5.74, 6) is 0.830. The Morgan fingerprint density at radius 3 is 2.67 bits per heavy atom. The van der Waals surface area contributed by atoms with Gasteiger partial charge >= 0.3 is 0 Å². The highest BCUT2D eigenvalue weighted by molar-refractivity contribution is 9.10. The van der Waals surface area contributed by atoms with E-state index in [0.29, 0.717) is 6.54 Å². The fraction of sp³-hybridized carbons (Fsp3) is 0.214. The van der Waals surface area contributed by atoms with Crippen LogP contribution in [0.5, 0.6) is 0 Å². The third-order valence-electron chi connectivity index (χ3n) is 2.74. The van der Waals surface area contributed by atoms with Crippen LogP contribution in [0.3, 0.4) is 0 Å². The molecule has 0 fully saturated rings. The fourth-order valence-electron chi connectivity index (χ4n) is 1.87. The highest BCUT2D eigenvalue weighted by atomic mass is 79.9. The summed E-state index contributed by atoms with van der Waals surface area (Å²) in [4.78, 5) is 4.30. The molecule has 1 aromatic heterocycles. The first-order valence-corrected chi connectivity index (χ1v) is 6.58. The van der Waals surface area contributed by atoms with Gasteiger partial charge in [-0.25, -0.2) is 4.98 Å².